The third-order valence-electron chi connectivity index (χ3n) is 0.290. The predicted molar refractivity (Wildman–Crippen MR) is 38.0 cm³/mol. The summed E-state index contributed by atoms with van der Waals surface area (Å²) in [5.74, 6) is 0. The van der Waals surface area contributed by atoms with Crippen molar-refractivity contribution in [2.75, 3.05) is 18.8 Å². The quantitative estimate of drug-likeness (QED) is 0.616. The molecular weight excluding hydrogens is 164 g/mol. The lowest BCUT2D eigenvalue weighted by Gasteiger charge is -2.21. The molecule has 0 saturated carbocycles. The maximum atomic E-state index is 10.0. The third kappa shape index (κ3) is 8.22. The SMILES string of the molecule is CS(C)(C)OS(=O)(=O)O. The van der Waals surface area contributed by atoms with Crippen LogP contribution in [0.15, 0.2) is 0 Å². The fourth-order valence-electron chi connectivity index (χ4n) is 0.258. The second-order valence-electron chi connectivity index (χ2n) is 2.22. The van der Waals surface area contributed by atoms with Gasteiger partial charge in [-0.25, -0.2) is 0 Å². The molecule has 0 radical (unpaired) electrons. The van der Waals surface area contributed by atoms with Crippen molar-refractivity contribution in [1.29, 1.82) is 0 Å². The fraction of sp³-hybridized carbons (Fsp3) is 1.00. The largest absolute Gasteiger partial charge is 0.406 e. The Balaban J connectivity index is 4.07. The lowest BCUT2D eigenvalue weighted by Crippen LogP contribution is -2.06. The van der Waals surface area contributed by atoms with Crippen molar-refractivity contribution < 1.29 is 16.6 Å². The average molecular weight is 174 g/mol. The predicted octanol–water partition coefficient (Wildman–Crippen LogP) is 0.415. The minimum absolute atomic E-state index is 1.61. The number of hydrogen-bond donors (Lipinski definition) is 1. The van der Waals surface area contributed by atoms with E-state index in [0.29, 0.717) is 0 Å². The maximum absolute atomic E-state index is 10.0. The Morgan fingerprint density at radius 1 is 1.22 bits per heavy atom. The summed E-state index contributed by atoms with van der Waals surface area (Å²) in [5.41, 5.74) is 0. The molecule has 1 N–H and O–H groups in total. The van der Waals surface area contributed by atoms with Crippen LogP contribution in [-0.2, 0) is 14.0 Å². The molecule has 0 saturated heterocycles. The molecule has 0 fully saturated rings. The Labute approximate surface area is 56.7 Å². The first kappa shape index (κ1) is 9.22. The van der Waals surface area contributed by atoms with E-state index in [1.54, 1.807) is 18.8 Å². The molecule has 0 spiro atoms. The first-order valence-corrected chi connectivity index (χ1v) is 6.22. The van der Waals surface area contributed by atoms with Crippen LogP contribution in [0.3, 0.4) is 0 Å². The van der Waals surface area contributed by atoms with Crippen molar-refractivity contribution in [3.05, 3.63) is 0 Å². The second-order valence-corrected chi connectivity index (χ2v) is 7.07. The van der Waals surface area contributed by atoms with E-state index in [4.69, 9.17) is 4.55 Å². The fourth-order valence-corrected chi connectivity index (χ4v) is 2.32. The van der Waals surface area contributed by atoms with E-state index in [-0.39, 0.29) is 0 Å². The van der Waals surface area contributed by atoms with E-state index < -0.39 is 20.7 Å². The molecule has 0 amide bonds. The zero-order chi connectivity index (χ0) is 7.71. The summed E-state index contributed by atoms with van der Waals surface area (Å²) >= 11 is 0. The highest BCUT2D eigenvalue weighted by molar-refractivity contribution is 8.31. The van der Waals surface area contributed by atoms with E-state index in [9.17, 15) is 8.42 Å². The molecule has 0 unspecified atom stereocenters. The molecule has 0 aromatic rings. The van der Waals surface area contributed by atoms with Gasteiger partial charge in [0.25, 0.3) is 0 Å². The summed E-state index contributed by atoms with van der Waals surface area (Å²) in [6, 6.07) is 0. The van der Waals surface area contributed by atoms with E-state index >= 15 is 0 Å². The molecule has 0 aliphatic rings. The Hall–Kier alpha value is 0.220. The van der Waals surface area contributed by atoms with Crippen LogP contribution in [0.2, 0.25) is 0 Å². The van der Waals surface area contributed by atoms with E-state index in [0.717, 1.165) is 0 Å². The molecule has 0 aliphatic heterocycles. The minimum Gasteiger partial charge on any atom is -0.263 e. The molecular formula is C3H10O4S2. The molecule has 58 valence electrons. The zero-order valence-electron chi connectivity index (χ0n) is 5.49. The van der Waals surface area contributed by atoms with Gasteiger partial charge in [0.2, 0.25) is 0 Å². The normalized spacial score (nSPS) is 15.6. The van der Waals surface area contributed by atoms with Crippen LogP contribution < -0.4 is 0 Å². The van der Waals surface area contributed by atoms with Crippen LogP contribution >= 0.6 is 10.3 Å². The highest BCUT2D eigenvalue weighted by atomic mass is 32.3. The maximum Gasteiger partial charge on any atom is 0.406 e. The van der Waals surface area contributed by atoms with Gasteiger partial charge < -0.3 is 0 Å². The van der Waals surface area contributed by atoms with Crippen LogP contribution in [0.25, 0.3) is 0 Å². The zero-order valence-corrected chi connectivity index (χ0v) is 7.12. The first-order chi connectivity index (χ1) is 3.71. The van der Waals surface area contributed by atoms with Crippen molar-refractivity contribution in [2.24, 2.45) is 0 Å². The highest BCUT2D eigenvalue weighted by Crippen LogP contribution is 2.37. The summed E-state index contributed by atoms with van der Waals surface area (Å²) in [6.45, 7) is 0. The monoisotopic (exact) mass is 174 g/mol. The lowest BCUT2D eigenvalue weighted by atomic mass is 11.9. The smallest absolute Gasteiger partial charge is 0.263 e. The van der Waals surface area contributed by atoms with Crippen molar-refractivity contribution >= 4 is 20.7 Å². The molecule has 0 atom stereocenters. The van der Waals surface area contributed by atoms with Crippen LogP contribution in [0.1, 0.15) is 0 Å². The van der Waals surface area contributed by atoms with E-state index in [2.05, 4.69) is 3.63 Å². The minimum atomic E-state index is -4.24. The first-order valence-electron chi connectivity index (χ1n) is 2.07. The van der Waals surface area contributed by atoms with Gasteiger partial charge in [-0.05, 0) is 18.8 Å². The van der Waals surface area contributed by atoms with E-state index in [1.165, 1.54) is 0 Å². The van der Waals surface area contributed by atoms with Crippen molar-refractivity contribution in [3.8, 4) is 0 Å². The summed E-state index contributed by atoms with van der Waals surface area (Å²) < 4.78 is 32.4. The van der Waals surface area contributed by atoms with Gasteiger partial charge >= 0.3 is 10.4 Å². The van der Waals surface area contributed by atoms with Crippen LogP contribution in [0, 0.1) is 0 Å². The second kappa shape index (κ2) is 2.45. The summed E-state index contributed by atoms with van der Waals surface area (Å²) in [7, 11) is -5.86. The van der Waals surface area contributed by atoms with Gasteiger partial charge in [0, 0.05) is 0 Å². The number of hydrogen-bond acceptors (Lipinski definition) is 3. The van der Waals surface area contributed by atoms with Gasteiger partial charge in [-0.1, -0.05) is 0 Å². The standard InChI is InChI=1S/C3H10O4S2/c1-8(2,3)7-9(4,5)6/h1-3H3,(H,4,5,6). The van der Waals surface area contributed by atoms with Gasteiger partial charge in [0.15, 0.2) is 0 Å². The molecule has 0 aliphatic carbocycles. The summed E-state index contributed by atoms with van der Waals surface area (Å²) in [6.07, 6.45) is 4.84. The van der Waals surface area contributed by atoms with Gasteiger partial charge in [-0.15, -0.1) is 10.3 Å². The molecule has 9 heavy (non-hydrogen) atoms. The molecule has 0 aromatic heterocycles. The molecule has 0 bridgehead atoms. The third-order valence-corrected chi connectivity index (χ3v) is 2.61. The molecule has 0 heterocycles. The van der Waals surface area contributed by atoms with Crippen molar-refractivity contribution in [2.45, 2.75) is 0 Å². The highest BCUT2D eigenvalue weighted by Gasteiger charge is 2.13. The van der Waals surface area contributed by atoms with Crippen LogP contribution in [0.4, 0.5) is 0 Å². The molecule has 0 aromatic carbocycles. The Bertz CT molecular complexity index is 174. The van der Waals surface area contributed by atoms with Gasteiger partial charge in [-0.2, -0.15) is 12.0 Å². The average Bonchev–Trinajstić information content (AvgIpc) is 1.14. The molecule has 6 heteroatoms. The van der Waals surface area contributed by atoms with E-state index in [1.807, 2.05) is 0 Å². The Kier molecular flexibility index (Phi) is 2.51. The van der Waals surface area contributed by atoms with Crippen molar-refractivity contribution in [3.63, 3.8) is 0 Å². The lowest BCUT2D eigenvalue weighted by molar-refractivity contribution is 0.404. The topological polar surface area (TPSA) is 63.6 Å². The number of rotatable bonds is 2. The van der Waals surface area contributed by atoms with Crippen LogP contribution in [0.5, 0.6) is 0 Å². The van der Waals surface area contributed by atoms with Crippen LogP contribution in [-0.4, -0.2) is 31.7 Å². The Morgan fingerprint density at radius 3 is 1.56 bits per heavy atom. The summed E-state index contributed by atoms with van der Waals surface area (Å²) in [5, 5.41) is 0. The van der Waals surface area contributed by atoms with Gasteiger partial charge in [0.05, 0.1) is 0 Å². The van der Waals surface area contributed by atoms with Gasteiger partial charge in [0.1, 0.15) is 0 Å². The summed E-state index contributed by atoms with van der Waals surface area (Å²) in [4.78, 5) is 0. The Morgan fingerprint density at radius 2 is 1.56 bits per heavy atom. The molecule has 0 rings (SSSR count). The molecule has 4 nitrogen and oxygen atoms in total. The van der Waals surface area contributed by atoms with Crippen molar-refractivity contribution in [1.82, 2.24) is 0 Å². The van der Waals surface area contributed by atoms with Gasteiger partial charge in [-0.3, -0.25) is 4.55 Å².